The molecule has 1 saturated carbocycles. The summed E-state index contributed by atoms with van der Waals surface area (Å²) in [5, 5.41) is -0.462. The molecule has 25 heavy (non-hydrogen) atoms. The van der Waals surface area contributed by atoms with E-state index in [1.165, 1.54) is 0 Å². The number of morpholine rings is 1. The summed E-state index contributed by atoms with van der Waals surface area (Å²) in [7, 11) is -3.20. The quantitative estimate of drug-likeness (QED) is 0.689. The van der Waals surface area contributed by atoms with Crippen LogP contribution in [0.2, 0.25) is 0 Å². The summed E-state index contributed by atoms with van der Waals surface area (Å²) in [5.74, 6) is 0.384. The first-order valence-corrected chi connectivity index (χ1v) is 11.1. The lowest BCUT2D eigenvalue weighted by atomic mass is 9.93. The molecule has 3 heterocycles. The standard InChI is InChI=1S/C17H28N2O5S/c20-16(14-3-1-2-4-14)19-11-17(12-19)13-25(21,22)15(10-24-17)9-18-5-7-23-8-6-18/h14-15H,1-13H2/t15-/m0/s1. The van der Waals surface area contributed by atoms with E-state index in [1.807, 2.05) is 0 Å². The molecule has 1 atom stereocenters. The second-order valence-corrected chi connectivity index (χ2v) is 10.3. The number of amides is 1. The Labute approximate surface area is 149 Å². The summed E-state index contributed by atoms with van der Waals surface area (Å²) >= 11 is 0. The first-order chi connectivity index (χ1) is 12.0. The number of nitrogens with zero attached hydrogens (tertiary/aromatic N) is 2. The van der Waals surface area contributed by atoms with Crippen molar-refractivity contribution in [3.63, 3.8) is 0 Å². The molecule has 0 unspecified atom stereocenters. The van der Waals surface area contributed by atoms with E-state index >= 15 is 0 Å². The van der Waals surface area contributed by atoms with Crippen LogP contribution < -0.4 is 0 Å². The number of carbonyl (C=O) groups excluding carboxylic acids is 1. The zero-order valence-corrected chi connectivity index (χ0v) is 15.5. The maximum atomic E-state index is 12.8. The third-order valence-electron chi connectivity index (χ3n) is 6.09. The Morgan fingerprint density at radius 1 is 1.12 bits per heavy atom. The molecule has 3 saturated heterocycles. The molecular weight excluding hydrogens is 344 g/mol. The summed E-state index contributed by atoms with van der Waals surface area (Å²) in [6.45, 7) is 4.52. The number of hydrogen-bond donors (Lipinski definition) is 0. The van der Waals surface area contributed by atoms with Crippen molar-refractivity contribution in [1.29, 1.82) is 0 Å². The molecule has 0 aromatic carbocycles. The van der Waals surface area contributed by atoms with Gasteiger partial charge in [0.2, 0.25) is 5.91 Å². The van der Waals surface area contributed by atoms with E-state index in [0.717, 1.165) is 38.8 Å². The lowest BCUT2D eigenvalue weighted by molar-refractivity contribution is -0.169. The fourth-order valence-electron chi connectivity index (χ4n) is 4.56. The molecule has 7 nitrogen and oxygen atoms in total. The number of likely N-dealkylation sites (tertiary alicyclic amines) is 1. The summed E-state index contributed by atoms with van der Waals surface area (Å²) in [4.78, 5) is 16.4. The van der Waals surface area contributed by atoms with Gasteiger partial charge in [-0.2, -0.15) is 0 Å². The molecule has 3 aliphatic heterocycles. The molecule has 4 rings (SSSR count). The van der Waals surface area contributed by atoms with Crippen molar-refractivity contribution in [3.8, 4) is 0 Å². The van der Waals surface area contributed by atoms with Gasteiger partial charge < -0.3 is 14.4 Å². The minimum Gasteiger partial charge on any atom is -0.379 e. The molecule has 142 valence electrons. The van der Waals surface area contributed by atoms with Gasteiger partial charge in [-0.05, 0) is 12.8 Å². The van der Waals surface area contributed by atoms with Crippen molar-refractivity contribution in [1.82, 2.24) is 9.80 Å². The molecule has 0 N–H and O–H groups in total. The van der Waals surface area contributed by atoms with Crippen LogP contribution in [-0.2, 0) is 24.1 Å². The Morgan fingerprint density at radius 2 is 1.80 bits per heavy atom. The summed E-state index contributed by atoms with van der Waals surface area (Å²) < 4.78 is 36.8. The predicted octanol–water partition coefficient (Wildman–Crippen LogP) is -0.0966. The van der Waals surface area contributed by atoms with Crippen molar-refractivity contribution in [2.24, 2.45) is 5.92 Å². The number of hydrogen-bond acceptors (Lipinski definition) is 6. The Hall–Kier alpha value is -0.700. The van der Waals surface area contributed by atoms with Crippen molar-refractivity contribution in [2.75, 3.05) is 58.3 Å². The van der Waals surface area contributed by atoms with Crippen molar-refractivity contribution >= 4 is 15.7 Å². The minimum absolute atomic E-state index is 0.0451. The van der Waals surface area contributed by atoms with Gasteiger partial charge in [0.05, 0.1) is 43.9 Å². The Kier molecular flexibility index (Phi) is 4.81. The highest BCUT2D eigenvalue weighted by Crippen LogP contribution is 2.36. The number of ether oxygens (including phenoxy) is 2. The van der Waals surface area contributed by atoms with E-state index in [-0.39, 0.29) is 24.2 Å². The predicted molar refractivity (Wildman–Crippen MR) is 92.1 cm³/mol. The number of rotatable bonds is 3. The maximum Gasteiger partial charge on any atom is 0.225 e. The molecule has 1 spiro atoms. The van der Waals surface area contributed by atoms with Gasteiger partial charge in [0.25, 0.3) is 0 Å². The lowest BCUT2D eigenvalue weighted by Crippen LogP contribution is -2.71. The van der Waals surface area contributed by atoms with Gasteiger partial charge in [0.1, 0.15) is 5.60 Å². The second kappa shape index (κ2) is 6.79. The van der Waals surface area contributed by atoms with Gasteiger partial charge in [-0.15, -0.1) is 0 Å². The van der Waals surface area contributed by atoms with E-state index in [1.54, 1.807) is 4.90 Å². The summed E-state index contributed by atoms with van der Waals surface area (Å²) in [6, 6.07) is 0. The zero-order chi connectivity index (χ0) is 17.5. The van der Waals surface area contributed by atoms with Crippen LogP contribution in [0.1, 0.15) is 25.7 Å². The number of sulfone groups is 1. The smallest absolute Gasteiger partial charge is 0.225 e. The molecule has 4 fully saturated rings. The second-order valence-electron chi connectivity index (χ2n) is 8.01. The average Bonchev–Trinajstić information content (AvgIpc) is 3.09. The Morgan fingerprint density at radius 3 is 2.44 bits per heavy atom. The molecule has 0 radical (unpaired) electrons. The summed E-state index contributed by atoms with van der Waals surface area (Å²) in [5.41, 5.74) is -0.658. The van der Waals surface area contributed by atoms with Crippen LogP contribution in [0.5, 0.6) is 0 Å². The third-order valence-corrected chi connectivity index (χ3v) is 8.32. The fraction of sp³-hybridized carbons (Fsp3) is 0.941. The van der Waals surface area contributed by atoms with Crippen LogP contribution in [0.4, 0.5) is 0 Å². The molecule has 1 amide bonds. The minimum atomic E-state index is -3.20. The van der Waals surface area contributed by atoms with Gasteiger partial charge >= 0.3 is 0 Å². The SMILES string of the molecule is O=C(C1CCCC1)N1CC2(C1)CS(=O)(=O)[C@@H](CN1CCOCC1)CO2. The van der Waals surface area contributed by atoms with E-state index in [4.69, 9.17) is 9.47 Å². The molecular formula is C17H28N2O5S. The Balaban J connectivity index is 1.32. The first kappa shape index (κ1) is 17.7. The average molecular weight is 372 g/mol. The highest BCUT2D eigenvalue weighted by Gasteiger charge is 2.54. The topological polar surface area (TPSA) is 76.2 Å². The van der Waals surface area contributed by atoms with Crippen molar-refractivity contribution in [3.05, 3.63) is 0 Å². The van der Waals surface area contributed by atoms with Gasteiger partial charge in [-0.25, -0.2) is 8.42 Å². The lowest BCUT2D eigenvalue weighted by Gasteiger charge is -2.53. The normalized spacial score (nSPS) is 32.6. The monoisotopic (exact) mass is 372 g/mol. The van der Waals surface area contributed by atoms with Gasteiger partial charge in [0.15, 0.2) is 9.84 Å². The largest absolute Gasteiger partial charge is 0.379 e. The van der Waals surface area contributed by atoms with Crippen LogP contribution >= 0.6 is 0 Å². The van der Waals surface area contributed by atoms with Crippen LogP contribution in [0, 0.1) is 5.92 Å². The van der Waals surface area contributed by atoms with E-state index in [0.29, 0.717) is 32.8 Å². The highest BCUT2D eigenvalue weighted by atomic mass is 32.2. The molecule has 0 bridgehead atoms. The molecule has 4 aliphatic rings. The van der Waals surface area contributed by atoms with E-state index < -0.39 is 20.7 Å². The number of carbonyl (C=O) groups is 1. The van der Waals surface area contributed by atoms with E-state index in [9.17, 15) is 13.2 Å². The zero-order valence-electron chi connectivity index (χ0n) is 14.7. The van der Waals surface area contributed by atoms with Crippen LogP contribution in [0.25, 0.3) is 0 Å². The van der Waals surface area contributed by atoms with Gasteiger partial charge in [0, 0.05) is 25.6 Å². The maximum absolute atomic E-state index is 12.8. The van der Waals surface area contributed by atoms with Crippen LogP contribution in [0.3, 0.4) is 0 Å². The van der Waals surface area contributed by atoms with Gasteiger partial charge in [-0.1, -0.05) is 12.8 Å². The molecule has 1 aliphatic carbocycles. The molecule has 8 heteroatoms. The van der Waals surface area contributed by atoms with Crippen LogP contribution in [-0.4, -0.2) is 93.3 Å². The van der Waals surface area contributed by atoms with E-state index in [2.05, 4.69) is 4.90 Å². The first-order valence-electron chi connectivity index (χ1n) is 9.42. The molecule has 0 aromatic heterocycles. The van der Waals surface area contributed by atoms with Crippen molar-refractivity contribution in [2.45, 2.75) is 36.5 Å². The third kappa shape index (κ3) is 3.59. The van der Waals surface area contributed by atoms with Crippen LogP contribution in [0.15, 0.2) is 0 Å². The molecule has 0 aromatic rings. The Bertz CT molecular complexity index is 605. The highest BCUT2D eigenvalue weighted by molar-refractivity contribution is 7.92. The van der Waals surface area contributed by atoms with Gasteiger partial charge in [-0.3, -0.25) is 9.69 Å². The van der Waals surface area contributed by atoms with Crippen molar-refractivity contribution < 1.29 is 22.7 Å². The fourth-order valence-corrected chi connectivity index (χ4v) is 6.50. The summed E-state index contributed by atoms with van der Waals surface area (Å²) in [6.07, 6.45) is 4.21.